The molecule has 0 aliphatic carbocycles. The van der Waals surface area contributed by atoms with Gasteiger partial charge in [0.1, 0.15) is 11.5 Å². The number of hydrogen-bond acceptors (Lipinski definition) is 2. The summed E-state index contributed by atoms with van der Waals surface area (Å²) < 4.78 is 10.8. The van der Waals surface area contributed by atoms with E-state index in [1.54, 1.807) is 14.2 Å². The van der Waals surface area contributed by atoms with Crippen molar-refractivity contribution in [2.24, 2.45) is 0 Å². The van der Waals surface area contributed by atoms with E-state index in [0.29, 0.717) is 0 Å². The van der Waals surface area contributed by atoms with E-state index in [-0.39, 0.29) is 0 Å². The molecule has 0 saturated carbocycles. The second-order valence-corrected chi connectivity index (χ2v) is 3.86. The van der Waals surface area contributed by atoms with Gasteiger partial charge in [0.15, 0.2) is 0 Å². The predicted octanol–water partition coefficient (Wildman–Crippen LogP) is 4.01. The molecule has 0 radical (unpaired) electrons. The van der Waals surface area contributed by atoms with Gasteiger partial charge in [-0.1, -0.05) is 43.0 Å². The molecule has 0 heterocycles. The lowest BCUT2D eigenvalue weighted by molar-refractivity contribution is 0.397. The first-order valence-electron chi connectivity index (χ1n) is 5.74. The summed E-state index contributed by atoms with van der Waals surface area (Å²) in [5.41, 5.74) is 3.13. The largest absolute Gasteiger partial charge is 0.496 e. The maximum absolute atomic E-state index is 5.40. The lowest BCUT2D eigenvalue weighted by Crippen LogP contribution is -1.92. The molecule has 92 valence electrons. The summed E-state index contributed by atoms with van der Waals surface area (Å²) in [6.45, 7) is 3.75. The smallest absolute Gasteiger partial charge is 0.130 e. The standard InChI is InChI=1S/C16H16O2/c1-4-12-8-10-13(11-9-12)16-14(17-2)6-5-7-15(16)18-3/h4-11H,1H2,2-3H3. The van der Waals surface area contributed by atoms with Gasteiger partial charge in [0.05, 0.1) is 19.8 Å². The maximum Gasteiger partial charge on any atom is 0.130 e. The van der Waals surface area contributed by atoms with Crippen LogP contribution in [0.3, 0.4) is 0 Å². The number of rotatable bonds is 4. The van der Waals surface area contributed by atoms with E-state index in [4.69, 9.17) is 9.47 Å². The van der Waals surface area contributed by atoms with Crippen LogP contribution in [0.15, 0.2) is 49.0 Å². The van der Waals surface area contributed by atoms with Crippen molar-refractivity contribution >= 4 is 6.08 Å². The van der Waals surface area contributed by atoms with Crippen molar-refractivity contribution in [1.29, 1.82) is 0 Å². The van der Waals surface area contributed by atoms with Crippen LogP contribution in [0.5, 0.6) is 11.5 Å². The Morgan fingerprint density at radius 3 is 1.89 bits per heavy atom. The number of methoxy groups -OCH3 is 2. The fourth-order valence-electron chi connectivity index (χ4n) is 1.92. The molecule has 0 bridgehead atoms. The van der Waals surface area contributed by atoms with Crippen LogP contribution in [0.2, 0.25) is 0 Å². The highest BCUT2D eigenvalue weighted by Gasteiger charge is 2.11. The predicted molar refractivity (Wildman–Crippen MR) is 75.1 cm³/mol. The molecule has 2 nitrogen and oxygen atoms in total. The summed E-state index contributed by atoms with van der Waals surface area (Å²) in [6, 6.07) is 13.9. The van der Waals surface area contributed by atoms with Crippen LogP contribution < -0.4 is 9.47 Å². The molecule has 0 atom stereocenters. The molecular formula is C16H16O2. The molecule has 2 rings (SSSR count). The van der Waals surface area contributed by atoms with Crippen LogP contribution in [0, 0.1) is 0 Å². The first kappa shape index (κ1) is 12.2. The van der Waals surface area contributed by atoms with Crippen molar-refractivity contribution < 1.29 is 9.47 Å². The lowest BCUT2D eigenvalue weighted by Gasteiger charge is -2.13. The van der Waals surface area contributed by atoms with Crippen LogP contribution in [0.4, 0.5) is 0 Å². The van der Waals surface area contributed by atoms with E-state index in [2.05, 4.69) is 6.58 Å². The zero-order valence-corrected chi connectivity index (χ0v) is 10.6. The third-order valence-electron chi connectivity index (χ3n) is 2.86. The van der Waals surface area contributed by atoms with Crippen molar-refractivity contribution in [3.63, 3.8) is 0 Å². The first-order chi connectivity index (χ1) is 8.80. The maximum atomic E-state index is 5.40. The normalized spacial score (nSPS) is 9.89. The second-order valence-electron chi connectivity index (χ2n) is 3.86. The van der Waals surface area contributed by atoms with Crippen molar-refractivity contribution in [3.05, 3.63) is 54.6 Å². The topological polar surface area (TPSA) is 18.5 Å². The molecule has 0 aliphatic heterocycles. The molecule has 2 heteroatoms. The monoisotopic (exact) mass is 240 g/mol. The molecular weight excluding hydrogens is 224 g/mol. The Kier molecular flexibility index (Phi) is 3.68. The fourth-order valence-corrected chi connectivity index (χ4v) is 1.92. The van der Waals surface area contributed by atoms with Gasteiger partial charge in [0.25, 0.3) is 0 Å². The van der Waals surface area contributed by atoms with Crippen molar-refractivity contribution in [3.8, 4) is 22.6 Å². The van der Waals surface area contributed by atoms with E-state index in [9.17, 15) is 0 Å². The third kappa shape index (κ3) is 2.23. The first-order valence-corrected chi connectivity index (χ1v) is 5.74. The van der Waals surface area contributed by atoms with Crippen molar-refractivity contribution in [1.82, 2.24) is 0 Å². The van der Waals surface area contributed by atoms with E-state index in [1.807, 2.05) is 48.5 Å². The summed E-state index contributed by atoms with van der Waals surface area (Å²) in [5.74, 6) is 1.61. The van der Waals surface area contributed by atoms with Gasteiger partial charge in [-0.2, -0.15) is 0 Å². The van der Waals surface area contributed by atoms with Gasteiger partial charge < -0.3 is 9.47 Å². The minimum absolute atomic E-state index is 0.806. The Balaban J connectivity index is 2.56. The van der Waals surface area contributed by atoms with E-state index < -0.39 is 0 Å². The Morgan fingerprint density at radius 2 is 1.44 bits per heavy atom. The van der Waals surface area contributed by atoms with Crippen molar-refractivity contribution in [2.45, 2.75) is 0 Å². The van der Waals surface area contributed by atoms with Crippen LogP contribution in [0.1, 0.15) is 5.56 Å². The molecule has 0 N–H and O–H groups in total. The Labute approximate surface area is 107 Å². The van der Waals surface area contributed by atoms with E-state index in [1.165, 1.54) is 0 Å². The second kappa shape index (κ2) is 5.41. The number of benzene rings is 2. The molecule has 0 saturated heterocycles. The van der Waals surface area contributed by atoms with Crippen LogP contribution in [-0.4, -0.2) is 14.2 Å². The molecule has 0 amide bonds. The van der Waals surface area contributed by atoms with Crippen LogP contribution in [0.25, 0.3) is 17.2 Å². The average molecular weight is 240 g/mol. The highest BCUT2D eigenvalue weighted by Crippen LogP contribution is 2.38. The summed E-state index contributed by atoms with van der Waals surface area (Å²) >= 11 is 0. The van der Waals surface area contributed by atoms with Crippen LogP contribution >= 0.6 is 0 Å². The highest BCUT2D eigenvalue weighted by atomic mass is 16.5. The van der Waals surface area contributed by atoms with Gasteiger partial charge in [0.2, 0.25) is 0 Å². The summed E-state index contributed by atoms with van der Waals surface area (Å²) in [5, 5.41) is 0. The molecule has 18 heavy (non-hydrogen) atoms. The molecule has 2 aromatic rings. The van der Waals surface area contributed by atoms with Gasteiger partial charge in [-0.3, -0.25) is 0 Å². The van der Waals surface area contributed by atoms with Gasteiger partial charge >= 0.3 is 0 Å². The average Bonchev–Trinajstić information content (AvgIpc) is 2.46. The molecule has 0 spiro atoms. The zero-order valence-electron chi connectivity index (χ0n) is 10.6. The Bertz CT molecular complexity index is 519. The van der Waals surface area contributed by atoms with Gasteiger partial charge in [-0.15, -0.1) is 0 Å². The zero-order chi connectivity index (χ0) is 13.0. The molecule has 0 fully saturated rings. The molecule has 0 aliphatic rings. The van der Waals surface area contributed by atoms with Crippen LogP contribution in [-0.2, 0) is 0 Å². The van der Waals surface area contributed by atoms with E-state index >= 15 is 0 Å². The quantitative estimate of drug-likeness (QED) is 0.803. The molecule has 0 aromatic heterocycles. The summed E-state index contributed by atoms with van der Waals surface area (Å²) in [4.78, 5) is 0. The summed E-state index contributed by atoms with van der Waals surface area (Å²) in [7, 11) is 3.33. The van der Waals surface area contributed by atoms with Crippen molar-refractivity contribution in [2.75, 3.05) is 14.2 Å². The minimum atomic E-state index is 0.806. The highest BCUT2D eigenvalue weighted by molar-refractivity contribution is 5.77. The summed E-state index contributed by atoms with van der Waals surface area (Å²) in [6.07, 6.45) is 1.82. The van der Waals surface area contributed by atoms with E-state index in [0.717, 1.165) is 28.2 Å². The Hall–Kier alpha value is -2.22. The fraction of sp³-hybridized carbons (Fsp3) is 0.125. The number of ether oxygens (including phenoxy) is 2. The third-order valence-corrected chi connectivity index (χ3v) is 2.86. The minimum Gasteiger partial charge on any atom is -0.496 e. The number of hydrogen-bond donors (Lipinski definition) is 0. The van der Waals surface area contributed by atoms with Gasteiger partial charge in [-0.25, -0.2) is 0 Å². The Morgan fingerprint density at radius 1 is 0.889 bits per heavy atom. The van der Waals surface area contributed by atoms with Gasteiger partial charge in [-0.05, 0) is 23.3 Å². The molecule has 0 unspecified atom stereocenters. The molecule has 2 aromatic carbocycles. The SMILES string of the molecule is C=Cc1ccc(-c2c(OC)cccc2OC)cc1. The lowest BCUT2D eigenvalue weighted by atomic mass is 10.0. The van der Waals surface area contributed by atoms with Gasteiger partial charge in [0, 0.05) is 0 Å².